The monoisotopic (exact) mass is 424 g/mol. The molecule has 9 heteroatoms. The van der Waals surface area contributed by atoms with Crippen LogP contribution in [0, 0.1) is 11.8 Å². The normalized spacial score (nSPS) is 29.5. The van der Waals surface area contributed by atoms with Gasteiger partial charge in [0, 0.05) is 25.4 Å². The van der Waals surface area contributed by atoms with Gasteiger partial charge in [0.25, 0.3) is 0 Å². The van der Waals surface area contributed by atoms with Crippen LogP contribution in [0.15, 0.2) is 0 Å². The first-order valence-corrected chi connectivity index (χ1v) is 14.7. The minimum absolute atomic E-state index is 0.0845. The topological polar surface area (TPSA) is 78.9 Å². The molecule has 1 aliphatic rings. The third kappa shape index (κ3) is 5.86. The van der Waals surface area contributed by atoms with Gasteiger partial charge < -0.3 is 13.9 Å². The Morgan fingerprint density at radius 2 is 1.69 bits per heavy atom. The van der Waals surface area contributed by atoms with E-state index in [1.54, 1.807) is 0 Å². The number of ether oxygens (including phenoxy) is 2. The standard InChI is InChI=1S/C17H33O6PSSi/c1-7-26(8-2,9-3)23-15-12(4)14(10-11-24-25(19)20)22-16(13(15)5)17(18)21-6/h12-16H,7-11H2,1-6H3/t12-,13-,14+,15-,16+/m1/s1. The van der Waals surface area contributed by atoms with Crippen molar-refractivity contribution in [1.29, 1.82) is 0 Å². The van der Waals surface area contributed by atoms with E-state index < -0.39 is 24.3 Å². The minimum Gasteiger partial charge on any atom is -0.467 e. The molecule has 0 aromatic rings. The van der Waals surface area contributed by atoms with E-state index in [-0.39, 0.29) is 30.0 Å². The quantitative estimate of drug-likeness (QED) is 0.319. The van der Waals surface area contributed by atoms with Crippen LogP contribution in [-0.4, -0.2) is 54.3 Å². The summed E-state index contributed by atoms with van der Waals surface area (Å²) in [4.78, 5) is 12.2. The van der Waals surface area contributed by atoms with Crippen LogP contribution in [0.3, 0.4) is 0 Å². The van der Waals surface area contributed by atoms with Gasteiger partial charge >= 0.3 is 5.97 Å². The first kappa shape index (κ1) is 23.8. The van der Waals surface area contributed by atoms with Crippen molar-refractivity contribution in [2.45, 2.75) is 77.5 Å². The lowest BCUT2D eigenvalue weighted by Crippen LogP contribution is -2.56. The summed E-state index contributed by atoms with van der Waals surface area (Å²) >= 11 is 0. The molecule has 0 N–H and O–H groups in total. The Bertz CT molecular complexity index is 576. The minimum atomic E-state index is -2.09. The van der Waals surface area contributed by atoms with Crippen molar-refractivity contribution in [3.8, 4) is 0 Å². The van der Waals surface area contributed by atoms with E-state index in [0.717, 1.165) is 18.1 Å². The third-order valence-electron chi connectivity index (χ3n) is 5.78. The smallest absolute Gasteiger partial charge is 0.335 e. The van der Waals surface area contributed by atoms with Gasteiger partial charge in [-0.2, -0.15) is 8.42 Å². The van der Waals surface area contributed by atoms with Gasteiger partial charge in [-0.25, -0.2) is 4.79 Å². The molecule has 1 saturated heterocycles. The Kier molecular flexibility index (Phi) is 9.97. The molecule has 1 aliphatic heterocycles. The molecule has 0 unspecified atom stereocenters. The summed E-state index contributed by atoms with van der Waals surface area (Å²) in [5, 5.41) is 0. The van der Waals surface area contributed by atoms with Crippen molar-refractivity contribution in [3.63, 3.8) is 0 Å². The molecule has 0 aromatic carbocycles. The van der Waals surface area contributed by atoms with Gasteiger partial charge in [-0.05, 0) is 24.6 Å². The average Bonchev–Trinajstić information content (AvgIpc) is 2.63. The molecule has 1 rings (SSSR count). The molecule has 1 fully saturated rings. The fourth-order valence-corrected chi connectivity index (χ4v) is 8.05. The molecule has 0 bridgehead atoms. The second kappa shape index (κ2) is 10.9. The maximum Gasteiger partial charge on any atom is 0.335 e. The van der Waals surface area contributed by atoms with Gasteiger partial charge in [0.2, 0.25) is 9.88 Å². The lowest BCUT2D eigenvalue weighted by molar-refractivity contribution is -0.190. The summed E-state index contributed by atoms with van der Waals surface area (Å²) in [5.74, 6) is -0.390. The highest BCUT2D eigenvalue weighted by Gasteiger charge is 2.47. The molecule has 0 amide bonds. The van der Waals surface area contributed by atoms with E-state index in [1.165, 1.54) is 7.11 Å². The molecule has 6 nitrogen and oxygen atoms in total. The fraction of sp³-hybridized carbons (Fsp3) is 0.941. The summed E-state index contributed by atoms with van der Waals surface area (Å²) in [5.41, 5.74) is 0. The molecule has 0 aliphatic carbocycles. The lowest BCUT2D eigenvalue weighted by Gasteiger charge is -2.47. The Hall–Kier alpha value is -0.273. The van der Waals surface area contributed by atoms with Crippen LogP contribution >= 0.6 is 7.36 Å². The number of esters is 1. The fourth-order valence-electron chi connectivity index (χ4n) is 3.77. The van der Waals surface area contributed by atoms with Gasteiger partial charge in [0.15, 0.2) is 14.4 Å². The van der Waals surface area contributed by atoms with Crippen molar-refractivity contribution in [1.82, 2.24) is 0 Å². The zero-order valence-electron chi connectivity index (χ0n) is 16.7. The molecular weight excluding hydrogens is 391 g/mol. The number of carbonyl (C=O) groups is 1. The highest BCUT2D eigenvalue weighted by atomic mass is 32.5. The van der Waals surface area contributed by atoms with E-state index >= 15 is 0 Å². The van der Waals surface area contributed by atoms with Crippen molar-refractivity contribution in [3.05, 3.63) is 0 Å². The Morgan fingerprint density at radius 1 is 1.12 bits per heavy atom. The average molecular weight is 425 g/mol. The number of rotatable bonds is 9. The predicted molar refractivity (Wildman–Crippen MR) is 106 cm³/mol. The van der Waals surface area contributed by atoms with E-state index in [0.29, 0.717) is 19.9 Å². The van der Waals surface area contributed by atoms with Crippen LogP contribution in [0.4, 0.5) is 0 Å². The van der Waals surface area contributed by atoms with Crippen molar-refractivity contribution >= 4 is 31.5 Å². The van der Waals surface area contributed by atoms with E-state index in [2.05, 4.69) is 27.7 Å². The van der Waals surface area contributed by atoms with Crippen LogP contribution in [0.5, 0.6) is 0 Å². The summed E-state index contributed by atoms with van der Waals surface area (Å²) < 4.78 is 39.4. The molecular formula is C17H33O6PSSi. The second-order valence-electron chi connectivity index (χ2n) is 7.02. The molecule has 0 aromatic heterocycles. The van der Waals surface area contributed by atoms with Gasteiger partial charge in [-0.1, -0.05) is 34.6 Å². The molecule has 0 saturated carbocycles. The van der Waals surface area contributed by atoms with Crippen LogP contribution in [0.1, 0.15) is 41.0 Å². The van der Waals surface area contributed by atoms with Gasteiger partial charge in [0.1, 0.15) is 0 Å². The maximum absolute atomic E-state index is 12.2. The summed E-state index contributed by atoms with van der Waals surface area (Å²) in [6.45, 7) is 10.6. The Balaban J connectivity index is 3.09. The summed E-state index contributed by atoms with van der Waals surface area (Å²) in [6, 6.07) is 3.12. The van der Waals surface area contributed by atoms with Crippen LogP contribution in [-0.2, 0) is 28.6 Å². The Morgan fingerprint density at radius 3 is 2.15 bits per heavy atom. The highest BCUT2D eigenvalue weighted by Crippen LogP contribution is 2.38. The molecule has 0 radical (unpaired) electrons. The Labute approximate surface area is 161 Å². The van der Waals surface area contributed by atoms with Crippen LogP contribution in [0.25, 0.3) is 0 Å². The molecule has 26 heavy (non-hydrogen) atoms. The first-order valence-electron chi connectivity index (χ1n) is 9.43. The molecule has 0 spiro atoms. The largest absolute Gasteiger partial charge is 0.467 e. The predicted octanol–water partition coefficient (Wildman–Crippen LogP) is 3.72. The second-order valence-corrected chi connectivity index (χ2v) is 14.6. The number of hydrogen-bond donors (Lipinski definition) is 0. The van der Waals surface area contributed by atoms with Crippen molar-refractivity contribution in [2.75, 3.05) is 13.3 Å². The van der Waals surface area contributed by atoms with Gasteiger partial charge in [-0.3, -0.25) is 0 Å². The third-order valence-corrected chi connectivity index (χ3v) is 12.3. The molecule has 5 atom stereocenters. The lowest BCUT2D eigenvalue weighted by atomic mass is 9.82. The molecule has 1 heterocycles. The summed E-state index contributed by atoms with van der Waals surface area (Å²) in [7, 11) is -2.21. The number of carbonyl (C=O) groups excluding carboxylic acids is 1. The van der Waals surface area contributed by atoms with Crippen LogP contribution in [0.2, 0.25) is 18.1 Å². The highest BCUT2D eigenvalue weighted by molar-refractivity contribution is 8.04. The van der Waals surface area contributed by atoms with Crippen molar-refractivity contribution in [2.24, 2.45) is 11.8 Å². The first-order chi connectivity index (χ1) is 12.2. The van der Waals surface area contributed by atoms with Gasteiger partial charge in [0.05, 0.1) is 19.3 Å². The SMILES string of the molecule is CC[Si](CC)(CC)O[C@H]1[C@@H](C)[C@@H](C(=O)OC)O[C@@H](CCP=S(=O)=O)[C@H]1C. The number of hydrogen-bond acceptors (Lipinski definition) is 6. The van der Waals surface area contributed by atoms with Crippen LogP contribution < -0.4 is 0 Å². The summed E-state index contributed by atoms with van der Waals surface area (Å²) in [6.07, 6.45) is 0.0959. The number of methoxy groups -OCH3 is 1. The van der Waals surface area contributed by atoms with E-state index in [4.69, 9.17) is 13.9 Å². The maximum atomic E-state index is 12.2. The van der Waals surface area contributed by atoms with E-state index in [1.807, 2.05) is 6.92 Å². The molecule has 152 valence electrons. The van der Waals surface area contributed by atoms with Crippen molar-refractivity contribution < 1.29 is 27.1 Å². The van der Waals surface area contributed by atoms with E-state index in [9.17, 15) is 13.2 Å². The zero-order chi connectivity index (χ0) is 19.9. The zero-order valence-corrected chi connectivity index (χ0v) is 19.4. The van der Waals surface area contributed by atoms with Gasteiger partial charge in [-0.15, -0.1) is 0 Å².